The van der Waals surface area contributed by atoms with Crippen molar-refractivity contribution >= 4 is 33.2 Å². The van der Waals surface area contributed by atoms with Crippen LogP contribution in [0.15, 0.2) is 9.30 Å². The van der Waals surface area contributed by atoms with Gasteiger partial charge in [0, 0.05) is 5.38 Å². The molecule has 4 nitrogen and oxygen atoms in total. The van der Waals surface area contributed by atoms with E-state index in [-0.39, 0.29) is 5.69 Å². The summed E-state index contributed by atoms with van der Waals surface area (Å²) in [5, 5.41) is 1.55. The first kappa shape index (κ1) is 7.64. The van der Waals surface area contributed by atoms with E-state index in [0.717, 1.165) is 0 Å². The van der Waals surface area contributed by atoms with Crippen LogP contribution in [0.2, 0.25) is 0 Å². The van der Waals surface area contributed by atoms with Crippen LogP contribution in [0.25, 0.3) is 0 Å². The van der Waals surface area contributed by atoms with Crippen molar-refractivity contribution in [3.63, 3.8) is 0 Å². The fourth-order valence-corrected chi connectivity index (χ4v) is 1.39. The molecular formula is C4H3BrN2O2S. The van der Waals surface area contributed by atoms with E-state index in [1.165, 1.54) is 11.3 Å². The number of aromatic nitrogens is 1. The molecule has 1 heterocycles. The molecule has 2 N–H and O–H groups in total. The normalized spacial score (nSPS) is 9.40. The smallest absolute Gasteiger partial charge is 0.368 e. The highest BCUT2D eigenvalue weighted by Crippen LogP contribution is 2.15. The minimum Gasteiger partial charge on any atom is -0.368 e. The first-order valence-corrected chi connectivity index (χ1v) is 3.93. The molecule has 0 unspecified atom stereocenters. The fourth-order valence-electron chi connectivity index (χ4n) is 0.406. The molecular weight excluding hydrogens is 220 g/mol. The van der Waals surface area contributed by atoms with Gasteiger partial charge in [-0.2, -0.15) is 5.90 Å². The van der Waals surface area contributed by atoms with Crippen LogP contribution in [0, 0.1) is 0 Å². The lowest BCUT2D eigenvalue weighted by Gasteiger charge is -1.88. The van der Waals surface area contributed by atoms with Crippen LogP contribution in [0.4, 0.5) is 0 Å². The van der Waals surface area contributed by atoms with Crippen molar-refractivity contribution < 1.29 is 9.63 Å². The lowest BCUT2D eigenvalue weighted by Crippen LogP contribution is -2.10. The van der Waals surface area contributed by atoms with Crippen molar-refractivity contribution in [1.29, 1.82) is 0 Å². The van der Waals surface area contributed by atoms with Gasteiger partial charge in [0.05, 0.1) is 0 Å². The van der Waals surface area contributed by atoms with Gasteiger partial charge in [-0.15, -0.1) is 11.3 Å². The van der Waals surface area contributed by atoms with Crippen molar-refractivity contribution in [2.24, 2.45) is 5.90 Å². The maximum Gasteiger partial charge on any atom is 0.376 e. The Hall–Kier alpha value is -0.460. The Balaban J connectivity index is 2.85. The van der Waals surface area contributed by atoms with Crippen molar-refractivity contribution in [3.05, 3.63) is 15.0 Å². The Morgan fingerprint density at radius 1 is 1.90 bits per heavy atom. The van der Waals surface area contributed by atoms with Gasteiger partial charge in [0.2, 0.25) is 0 Å². The first-order chi connectivity index (χ1) is 4.74. The third kappa shape index (κ3) is 1.53. The Morgan fingerprint density at radius 2 is 2.60 bits per heavy atom. The number of carbonyl (C=O) groups is 1. The molecule has 0 saturated heterocycles. The molecule has 6 heteroatoms. The molecule has 0 spiro atoms. The number of rotatable bonds is 1. The number of halogens is 1. The monoisotopic (exact) mass is 222 g/mol. The second kappa shape index (κ2) is 3.09. The first-order valence-electron chi connectivity index (χ1n) is 2.26. The van der Waals surface area contributed by atoms with E-state index >= 15 is 0 Å². The Kier molecular flexibility index (Phi) is 2.36. The molecule has 1 aromatic rings. The number of thiazole rings is 1. The summed E-state index contributed by atoms with van der Waals surface area (Å²) in [6.45, 7) is 0. The lowest BCUT2D eigenvalue weighted by atomic mass is 10.5. The minimum absolute atomic E-state index is 0.222. The Morgan fingerprint density at radius 3 is 3.00 bits per heavy atom. The molecule has 0 radical (unpaired) electrons. The van der Waals surface area contributed by atoms with E-state index in [0.29, 0.717) is 3.92 Å². The summed E-state index contributed by atoms with van der Waals surface area (Å²) >= 11 is 4.39. The maximum absolute atomic E-state index is 10.6. The average Bonchev–Trinajstić information content (AvgIpc) is 2.34. The second-order valence-electron chi connectivity index (χ2n) is 1.39. The third-order valence-corrected chi connectivity index (χ3v) is 2.16. The van der Waals surface area contributed by atoms with Gasteiger partial charge in [0.25, 0.3) is 0 Å². The molecule has 0 atom stereocenters. The highest BCUT2D eigenvalue weighted by Gasteiger charge is 2.08. The number of hydrogen-bond donors (Lipinski definition) is 1. The van der Waals surface area contributed by atoms with Crippen LogP contribution >= 0.6 is 27.3 Å². The quantitative estimate of drug-likeness (QED) is 0.719. The molecule has 0 aliphatic carbocycles. The zero-order valence-corrected chi connectivity index (χ0v) is 7.11. The number of hydrogen-bond acceptors (Lipinski definition) is 5. The van der Waals surface area contributed by atoms with Crippen molar-refractivity contribution in [2.75, 3.05) is 0 Å². The van der Waals surface area contributed by atoms with E-state index in [1.807, 2.05) is 0 Å². The standard InChI is InChI=1S/C4H3BrN2O2S/c5-4-7-2(1-10-4)3(8)9-6/h1H,6H2. The van der Waals surface area contributed by atoms with E-state index in [9.17, 15) is 4.79 Å². The summed E-state index contributed by atoms with van der Waals surface area (Å²) in [4.78, 5) is 18.3. The van der Waals surface area contributed by atoms with Gasteiger partial charge >= 0.3 is 5.97 Å². The molecule has 10 heavy (non-hydrogen) atoms. The molecule has 1 aromatic heterocycles. The number of nitrogens with two attached hydrogens (primary N) is 1. The third-order valence-electron chi connectivity index (χ3n) is 0.792. The van der Waals surface area contributed by atoms with Crippen LogP contribution in [0.5, 0.6) is 0 Å². The largest absolute Gasteiger partial charge is 0.376 e. The summed E-state index contributed by atoms with van der Waals surface area (Å²) in [5.41, 5.74) is 0.222. The van der Waals surface area contributed by atoms with Crippen LogP contribution < -0.4 is 5.90 Å². The van der Waals surface area contributed by atoms with E-state index in [1.54, 1.807) is 5.38 Å². The van der Waals surface area contributed by atoms with Crippen LogP contribution in [-0.4, -0.2) is 11.0 Å². The average molecular weight is 223 g/mol. The van der Waals surface area contributed by atoms with Gasteiger partial charge in [-0.05, 0) is 15.9 Å². The molecule has 0 bridgehead atoms. The summed E-state index contributed by atoms with van der Waals surface area (Å²) in [5.74, 6) is 3.99. The van der Waals surface area contributed by atoms with Gasteiger partial charge in [-0.1, -0.05) is 0 Å². The summed E-state index contributed by atoms with van der Waals surface area (Å²) in [7, 11) is 0. The SMILES string of the molecule is NOC(=O)c1csc(Br)n1. The van der Waals surface area contributed by atoms with E-state index in [2.05, 4.69) is 31.6 Å². The zero-order chi connectivity index (χ0) is 7.56. The van der Waals surface area contributed by atoms with E-state index < -0.39 is 5.97 Å². The predicted molar refractivity (Wildman–Crippen MR) is 39.4 cm³/mol. The second-order valence-corrected chi connectivity index (χ2v) is 3.53. The van der Waals surface area contributed by atoms with Gasteiger partial charge in [-0.3, -0.25) is 0 Å². The molecule has 0 aliphatic rings. The minimum atomic E-state index is -0.623. The Bertz CT molecular complexity index is 249. The maximum atomic E-state index is 10.6. The molecule has 0 amide bonds. The summed E-state index contributed by atoms with van der Waals surface area (Å²) < 4.78 is 0.632. The molecule has 1 rings (SSSR count). The predicted octanol–water partition coefficient (Wildman–Crippen LogP) is 0.936. The van der Waals surface area contributed by atoms with Crippen molar-refractivity contribution in [2.45, 2.75) is 0 Å². The van der Waals surface area contributed by atoms with Gasteiger partial charge < -0.3 is 4.84 Å². The molecule has 0 fully saturated rings. The van der Waals surface area contributed by atoms with Crippen LogP contribution in [0.1, 0.15) is 10.5 Å². The van der Waals surface area contributed by atoms with Crippen molar-refractivity contribution in [3.8, 4) is 0 Å². The zero-order valence-electron chi connectivity index (χ0n) is 4.70. The molecule has 0 saturated carbocycles. The van der Waals surface area contributed by atoms with Crippen molar-refractivity contribution in [1.82, 2.24) is 4.98 Å². The van der Waals surface area contributed by atoms with Gasteiger partial charge in [0.1, 0.15) is 0 Å². The Labute approximate surface area is 69.1 Å². The lowest BCUT2D eigenvalue weighted by molar-refractivity contribution is 0.0497. The summed E-state index contributed by atoms with van der Waals surface area (Å²) in [6.07, 6.45) is 0. The number of nitrogens with zero attached hydrogens (tertiary/aromatic N) is 1. The van der Waals surface area contributed by atoms with E-state index in [4.69, 9.17) is 0 Å². The molecule has 0 aliphatic heterocycles. The highest BCUT2D eigenvalue weighted by molar-refractivity contribution is 9.11. The molecule has 54 valence electrons. The highest BCUT2D eigenvalue weighted by atomic mass is 79.9. The van der Waals surface area contributed by atoms with Gasteiger partial charge in [-0.25, -0.2) is 9.78 Å². The number of carbonyl (C=O) groups excluding carboxylic acids is 1. The topological polar surface area (TPSA) is 65.2 Å². The van der Waals surface area contributed by atoms with Crippen LogP contribution in [-0.2, 0) is 4.84 Å². The van der Waals surface area contributed by atoms with Crippen LogP contribution in [0.3, 0.4) is 0 Å². The fraction of sp³-hybridized carbons (Fsp3) is 0. The van der Waals surface area contributed by atoms with Gasteiger partial charge in [0.15, 0.2) is 9.61 Å². The molecule has 0 aromatic carbocycles. The summed E-state index contributed by atoms with van der Waals surface area (Å²) in [6, 6.07) is 0.